The highest BCUT2D eigenvalue weighted by molar-refractivity contribution is 7.98. The Morgan fingerprint density at radius 2 is 2.11 bits per heavy atom. The van der Waals surface area contributed by atoms with Crippen molar-refractivity contribution < 1.29 is 4.79 Å². The summed E-state index contributed by atoms with van der Waals surface area (Å²) in [6.07, 6.45) is 1.98. The molecule has 19 heavy (non-hydrogen) atoms. The molecule has 0 saturated carbocycles. The molecule has 5 nitrogen and oxygen atoms in total. The normalized spacial score (nSPS) is 10.8. The lowest BCUT2D eigenvalue weighted by molar-refractivity contribution is 0.0800. The van der Waals surface area contributed by atoms with E-state index in [2.05, 4.69) is 9.97 Å². The first-order valence-corrected chi connectivity index (χ1v) is 7.63. The molecule has 1 heterocycles. The molecule has 0 aliphatic carbocycles. The third kappa shape index (κ3) is 3.83. The van der Waals surface area contributed by atoms with Crippen LogP contribution in [0.5, 0.6) is 0 Å². The van der Waals surface area contributed by atoms with Gasteiger partial charge in [-0.25, -0.2) is 4.98 Å². The van der Waals surface area contributed by atoms with Crippen molar-refractivity contribution in [2.24, 2.45) is 0 Å². The van der Waals surface area contributed by atoms with Gasteiger partial charge in [-0.1, -0.05) is 13.8 Å². The standard InChI is InChI=1S/C13H21N3O2S/c1-8(2)11-14-9(3)10(12(17)15-11)13(18)16(4)6-7-19-5/h8H,6-7H2,1-5H3,(H,14,15,17). The number of amides is 1. The third-order valence-electron chi connectivity index (χ3n) is 2.86. The zero-order valence-corrected chi connectivity index (χ0v) is 12.9. The van der Waals surface area contributed by atoms with E-state index < -0.39 is 0 Å². The van der Waals surface area contributed by atoms with Crippen LogP contribution in [0.3, 0.4) is 0 Å². The number of hydrogen-bond acceptors (Lipinski definition) is 4. The summed E-state index contributed by atoms with van der Waals surface area (Å²) in [5.41, 5.74) is 0.290. The van der Waals surface area contributed by atoms with Crippen LogP contribution in [0.4, 0.5) is 0 Å². The van der Waals surface area contributed by atoms with Crippen molar-refractivity contribution in [1.29, 1.82) is 0 Å². The Kier molecular flexibility index (Phi) is 5.60. The van der Waals surface area contributed by atoms with Gasteiger partial charge < -0.3 is 9.88 Å². The number of hydrogen-bond donors (Lipinski definition) is 1. The maximum atomic E-state index is 12.2. The van der Waals surface area contributed by atoms with Crippen LogP contribution in [0.2, 0.25) is 0 Å². The zero-order valence-electron chi connectivity index (χ0n) is 12.1. The molecule has 0 unspecified atom stereocenters. The van der Waals surface area contributed by atoms with Gasteiger partial charge in [-0.3, -0.25) is 9.59 Å². The highest BCUT2D eigenvalue weighted by Gasteiger charge is 2.20. The maximum Gasteiger partial charge on any atom is 0.264 e. The highest BCUT2D eigenvalue weighted by Crippen LogP contribution is 2.10. The van der Waals surface area contributed by atoms with E-state index in [1.165, 1.54) is 0 Å². The van der Waals surface area contributed by atoms with Crippen molar-refractivity contribution in [3.05, 3.63) is 27.4 Å². The van der Waals surface area contributed by atoms with Gasteiger partial charge in [0, 0.05) is 25.3 Å². The number of carbonyl (C=O) groups is 1. The molecule has 1 N–H and O–H groups in total. The predicted molar refractivity (Wildman–Crippen MR) is 79.0 cm³/mol. The molecular weight excluding hydrogens is 262 g/mol. The lowest BCUT2D eigenvalue weighted by Crippen LogP contribution is -2.35. The highest BCUT2D eigenvalue weighted by atomic mass is 32.2. The molecule has 0 aliphatic heterocycles. The summed E-state index contributed by atoms with van der Waals surface area (Å²) in [6.45, 7) is 6.22. The van der Waals surface area contributed by atoms with E-state index in [4.69, 9.17) is 0 Å². The fraction of sp³-hybridized carbons (Fsp3) is 0.615. The molecule has 0 radical (unpaired) electrons. The van der Waals surface area contributed by atoms with Gasteiger partial charge in [0.25, 0.3) is 11.5 Å². The van der Waals surface area contributed by atoms with E-state index in [1.807, 2.05) is 20.1 Å². The minimum atomic E-state index is -0.350. The van der Waals surface area contributed by atoms with Crippen LogP contribution in [0, 0.1) is 6.92 Å². The molecule has 0 aliphatic rings. The Bertz CT molecular complexity index is 511. The van der Waals surface area contributed by atoms with E-state index in [0.717, 1.165) is 5.75 Å². The zero-order chi connectivity index (χ0) is 14.6. The molecule has 0 aromatic carbocycles. The van der Waals surface area contributed by atoms with Crippen LogP contribution in [-0.4, -0.2) is 46.4 Å². The van der Waals surface area contributed by atoms with E-state index in [1.54, 1.807) is 30.6 Å². The van der Waals surface area contributed by atoms with E-state index >= 15 is 0 Å². The quantitative estimate of drug-likeness (QED) is 0.892. The van der Waals surface area contributed by atoms with Crippen molar-refractivity contribution in [1.82, 2.24) is 14.9 Å². The van der Waals surface area contributed by atoms with Crippen molar-refractivity contribution in [3.63, 3.8) is 0 Å². The molecule has 0 saturated heterocycles. The first-order valence-electron chi connectivity index (χ1n) is 6.23. The van der Waals surface area contributed by atoms with Crippen LogP contribution in [0.1, 0.15) is 41.6 Å². The molecular formula is C13H21N3O2S. The SMILES string of the molecule is CSCCN(C)C(=O)c1c(C)nc(C(C)C)[nH]c1=O. The number of aryl methyl sites for hydroxylation is 1. The van der Waals surface area contributed by atoms with Gasteiger partial charge in [-0.05, 0) is 13.2 Å². The Hall–Kier alpha value is -1.30. The Morgan fingerprint density at radius 3 is 2.58 bits per heavy atom. The summed E-state index contributed by atoms with van der Waals surface area (Å²) in [7, 11) is 1.70. The van der Waals surface area contributed by atoms with Crippen molar-refractivity contribution >= 4 is 17.7 Å². The van der Waals surface area contributed by atoms with Crippen LogP contribution in [0.25, 0.3) is 0 Å². The van der Waals surface area contributed by atoms with E-state index in [-0.39, 0.29) is 22.9 Å². The topological polar surface area (TPSA) is 66.1 Å². The van der Waals surface area contributed by atoms with Gasteiger partial charge in [0.2, 0.25) is 0 Å². The van der Waals surface area contributed by atoms with E-state index in [0.29, 0.717) is 18.1 Å². The smallest absolute Gasteiger partial charge is 0.264 e. The molecule has 1 amide bonds. The average molecular weight is 283 g/mol. The monoisotopic (exact) mass is 283 g/mol. The van der Waals surface area contributed by atoms with Crippen molar-refractivity contribution in [3.8, 4) is 0 Å². The average Bonchev–Trinajstić information content (AvgIpc) is 2.34. The Balaban J connectivity index is 3.08. The number of H-pyrrole nitrogens is 1. The molecule has 6 heteroatoms. The third-order valence-corrected chi connectivity index (χ3v) is 3.45. The van der Waals surface area contributed by atoms with Gasteiger partial charge in [-0.15, -0.1) is 0 Å². The minimum Gasteiger partial charge on any atom is -0.341 e. The number of rotatable bonds is 5. The van der Waals surface area contributed by atoms with Crippen LogP contribution in [0.15, 0.2) is 4.79 Å². The number of nitrogens with zero attached hydrogens (tertiary/aromatic N) is 2. The summed E-state index contributed by atoms with van der Waals surface area (Å²) >= 11 is 1.66. The second-order valence-corrected chi connectivity index (χ2v) is 5.77. The van der Waals surface area contributed by atoms with E-state index in [9.17, 15) is 9.59 Å². The number of thioether (sulfide) groups is 1. The molecule has 106 valence electrons. The van der Waals surface area contributed by atoms with Crippen molar-refractivity contribution in [2.75, 3.05) is 25.6 Å². The predicted octanol–water partition coefficient (Wildman–Crippen LogP) is 1.64. The first-order chi connectivity index (χ1) is 8.88. The van der Waals surface area contributed by atoms with Gasteiger partial charge in [-0.2, -0.15) is 11.8 Å². The van der Waals surface area contributed by atoms with Gasteiger partial charge in [0.1, 0.15) is 11.4 Å². The largest absolute Gasteiger partial charge is 0.341 e. The van der Waals surface area contributed by atoms with Crippen LogP contribution < -0.4 is 5.56 Å². The first kappa shape index (κ1) is 15.8. The summed E-state index contributed by atoms with van der Waals surface area (Å²) in [6, 6.07) is 0. The summed E-state index contributed by atoms with van der Waals surface area (Å²) < 4.78 is 0. The van der Waals surface area contributed by atoms with Gasteiger partial charge in [0.05, 0.1) is 5.69 Å². The molecule has 0 spiro atoms. The second kappa shape index (κ2) is 6.75. The van der Waals surface area contributed by atoms with Crippen LogP contribution >= 0.6 is 11.8 Å². The van der Waals surface area contributed by atoms with Gasteiger partial charge >= 0.3 is 0 Å². The molecule has 1 rings (SSSR count). The lowest BCUT2D eigenvalue weighted by Gasteiger charge is -2.17. The summed E-state index contributed by atoms with van der Waals surface area (Å²) in [4.78, 5) is 32.8. The Morgan fingerprint density at radius 1 is 1.47 bits per heavy atom. The molecule has 1 aromatic heterocycles. The summed E-state index contributed by atoms with van der Waals surface area (Å²) in [5, 5.41) is 0. The fourth-order valence-corrected chi connectivity index (χ4v) is 2.11. The number of aromatic nitrogens is 2. The summed E-state index contributed by atoms with van der Waals surface area (Å²) in [5.74, 6) is 1.32. The number of aromatic amines is 1. The minimum absolute atomic E-state index is 0.129. The molecule has 0 fully saturated rings. The fourth-order valence-electron chi connectivity index (χ4n) is 1.65. The maximum absolute atomic E-state index is 12.2. The van der Waals surface area contributed by atoms with Crippen molar-refractivity contribution in [2.45, 2.75) is 26.7 Å². The number of nitrogens with one attached hydrogen (secondary N) is 1. The molecule has 0 bridgehead atoms. The Labute approximate surface area is 117 Å². The molecule has 0 atom stereocenters. The lowest BCUT2D eigenvalue weighted by atomic mass is 10.1. The number of carbonyl (C=O) groups excluding carboxylic acids is 1. The molecule has 1 aromatic rings. The van der Waals surface area contributed by atoms with Gasteiger partial charge in [0.15, 0.2) is 0 Å². The van der Waals surface area contributed by atoms with Crippen LogP contribution in [-0.2, 0) is 0 Å². The second-order valence-electron chi connectivity index (χ2n) is 4.79.